The maximum atomic E-state index is 10.5. The molecule has 3 N–H and O–H groups in total. The van der Waals surface area contributed by atoms with E-state index in [0.717, 1.165) is 31.4 Å². The average Bonchev–Trinajstić information content (AvgIpc) is 2.69. The Morgan fingerprint density at radius 3 is 3.00 bits per heavy atom. The van der Waals surface area contributed by atoms with Gasteiger partial charge in [0, 0.05) is 0 Å². The van der Waals surface area contributed by atoms with Crippen LogP contribution in [0.1, 0.15) is 51.9 Å². The molecule has 1 aliphatic carbocycles. The molecule has 0 aromatic carbocycles. The van der Waals surface area contributed by atoms with E-state index in [9.17, 15) is 4.79 Å². The molecule has 90 valence electrons. The third kappa shape index (κ3) is 4.47. The first-order valence-electron chi connectivity index (χ1n) is 6.05. The first-order chi connectivity index (χ1) is 7.74. The van der Waals surface area contributed by atoms with Crippen molar-refractivity contribution in [3.05, 3.63) is 11.6 Å². The quantitative estimate of drug-likeness (QED) is 0.546. The summed E-state index contributed by atoms with van der Waals surface area (Å²) in [5.41, 5.74) is 9.56. The monoisotopic (exact) mass is 223 g/mol. The molecule has 0 heterocycles. The van der Waals surface area contributed by atoms with Crippen LogP contribution in [-0.4, -0.2) is 11.7 Å². The van der Waals surface area contributed by atoms with Gasteiger partial charge in [-0.1, -0.05) is 25.8 Å². The second-order valence-corrected chi connectivity index (χ2v) is 4.11. The fraction of sp³-hybridized carbons (Fsp3) is 0.667. The van der Waals surface area contributed by atoms with Gasteiger partial charge in [-0.05, 0) is 37.7 Å². The second kappa shape index (κ2) is 7.04. The van der Waals surface area contributed by atoms with Crippen molar-refractivity contribution in [2.24, 2.45) is 10.8 Å². The van der Waals surface area contributed by atoms with Crippen molar-refractivity contribution in [3.63, 3.8) is 0 Å². The molecule has 0 aromatic heterocycles. The number of hydrogen-bond donors (Lipinski definition) is 2. The third-order valence-corrected chi connectivity index (χ3v) is 2.73. The van der Waals surface area contributed by atoms with Gasteiger partial charge in [0.05, 0.1) is 5.71 Å². The summed E-state index contributed by atoms with van der Waals surface area (Å²) in [7, 11) is 0. The lowest BCUT2D eigenvalue weighted by Gasteiger charge is -2.00. The van der Waals surface area contributed by atoms with E-state index in [4.69, 9.17) is 5.73 Å². The molecular weight excluding hydrogens is 202 g/mol. The SMILES string of the molecule is CCCCC/C=C1/CCC/C1=N/NC(N)=O. The van der Waals surface area contributed by atoms with E-state index in [1.165, 1.54) is 24.8 Å². The third-order valence-electron chi connectivity index (χ3n) is 2.73. The van der Waals surface area contributed by atoms with Crippen LogP contribution < -0.4 is 11.2 Å². The summed E-state index contributed by atoms with van der Waals surface area (Å²) in [5, 5.41) is 4.03. The van der Waals surface area contributed by atoms with E-state index >= 15 is 0 Å². The minimum Gasteiger partial charge on any atom is -0.350 e. The Morgan fingerprint density at radius 2 is 2.31 bits per heavy atom. The maximum absolute atomic E-state index is 10.5. The number of carbonyl (C=O) groups is 1. The smallest absolute Gasteiger partial charge is 0.332 e. The largest absolute Gasteiger partial charge is 0.350 e. The number of nitrogens with one attached hydrogen (secondary N) is 1. The molecule has 0 radical (unpaired) electrons. The second-order valence-electron chi connectivity index (χ2n) is 4.11. The fourth-order valence-electron chi connectivity index (χ4n) is 1.89. The van der Waals surface area contributed by atoms with Crippen LogP contribution in [0.4, 0.5) is 4.79 Å². The van der Waals surface area contributed by atoms with Gasteiger partial charge in [0.25, 0.3) is 0 Å². The van der Waals surface area contributed by atoms with Gasteiger partial charge in [-0.15, -0.1) is 0 Å². The van der Waals surface area contributed by atoms with Crippen LogP contribution in [0.25, 0.3) is 0 Å². The summed E-state index contributed by atoms with van der Waals surface area (Å²) in [6.07, 6.45) is 10.3. The lowest BCUT2D eigenvalue weighted by Crippen LogP contribution is -2.25. The summed E-state index contributed by atoms with van der Waals surface area (Å²) in [6, 6.07) is -0.593. The molecule has 1 saturated carbocycles. The number of unbranched alkanes of at least 4 members (excludes halogenated alkanes) is 3. The predicted octanol–water partition coefficient (Wildman–Crippen LogP) is 2.70. The molecular formula is C12H21N3O. The molecule has 0 saturated heterocycles. The average molecular weight is 223 g/mol. The Morgan fingerprint density at radius 1 is 1.50 bits per heavy atom. The first kappa shape index (κ1) is 12.7. The highest BCUT2D eigenvalue weighted by atomic mass is 16.2. The highest BCUT2D eigenvalue weighted by molar-refractivity contribution is 6.02. The van der Waals surface area contributed by atoms with Crippen molar-refractivity contribution in [3.8, 4) is 0 Å². The van der Waals surface area contributed by atoms with Crippen molar-refractivity contribution in [1.29, 1.82) is 0 Å². The van der Waals surface area contributed by atoms with Crippen LogP contribution in [-0.2, 0) is 0 Å². The lowest BCUT2D eigenvalue weighted by atomic mass is 10.1. The molecule has 0 spiro atoms. The molecule has 4 nitrogen and oxygen atoms in total. The van der Waals surface area contributed by atoms with E-state index in [0.29, 0.717) is 0 Å². The van der Waals surface area contributed by atoms with Gasteiger partial charge in [-0.3, -0.25) is 0 Å². The van der Waals surface area contributed by atoms with E-state index in [1.807, 2.05) is 0 Å². The normalized spacial score (nSPS) is 20.6. The van der Waals surface area contributed by atoms with Crippen LogP contribution >= 0.6 is 0 Å². The maximum Gasteiger partial charge on any atom is 0.332 e. The molecule has 0 atom stereocenters. The van der Waals surface area contributed by atoms with Gasteiger partial charge in [0.2, 0.25) is 0 Å². The molecule has 0 aliphatic heterocycles. The Hall–Kier alpha value is -1.32. The summed E-state index contributed by atoms with van der Waals surface area (Å²) < 4.78 is 0. The van der Waals surface area contributed by atoms with Gasteiger partial charge in [0.15, 0.2) is 0 Å². The van der Waals surface area contributed by atoms with Gasteiger partial charge >= 0.3 is 6.03 Å². The number of hydrogen-bond acceptors (Lipinski definition) is 2. The lowest BCUT2D eigenvalue weighted by molar-refractivity contribution is 0.249. The molecule has 1 aliphatic rings. The fourth-order valence-corrected chi connectivity index (χ4v) is 1.89. The molecule has 0 bridgehead atoms. The zero-order valence-corrected chi connectivity index (χ0v) is 9.96. The van der Waals surface area contributed by atoms with Gasteiger partial charge < -0.3 is 5.73 Å². The number of primary amides is 1. The van der Waals surface area contributed by atoms with Crippen molar-refractivity contribution in [1.82, 2.24) is 5.43 Å². The molecule has 0 aromatic rings. The molecule has 2 amide bonds. The van der Waals surface area contributed by atoms with Gasteiger partial charge in [0.1, 0.15) is 0 Å². The van der Waals surface area contributed by atoms with Crippen LogP contribution in [0.15, 0.2) is 16.8 Å². The van der Waals surface area contributed by atoms with E-state index in [1.54, 1.807) is 0 Å². The zero-order valence-electron chi connectivity index (χ0n) is 9.96. The van der Waals surface area contributed by atoms with Crippen molar-refractivity contribution in [2.75, 3.05) is 0 Å². The van der Waals surface area contributed by atoms with Crippen LogP contribution in [0.3, 0.4) is 0 Å². The number of rotatable bonds is 5. The van der Waals surface area contributed by atoms with Gasteiger partial charge in [-0.2, -0.15) is 5.10 Å². The van der Waals surface area contributed by atoms with Crippen molar-refractivity contribution in [2.45, 2.75) is 51.9 Å². The van der Waals surface area contributed by atoms with E-state index < -0.39 is 6.03 Å². The van der Waals surface area contributed by atoms with Crippen LogP contribution in [0, 0.1) is 0 Å². The summed E-state index contributed by atoms with van der Waals surface area (Å²) in [5.74, 6) is 0. The van der Waals surface area contributed by atoms with Gasteiger partial charge in [-0.25, -0.2) is 10.2 Å². The molecule has 0 unspecified atom stereocenters. The number of nitrogens with two attached hydrogens (primary N) is 1. The Bertz CT molecular complexity index is 295. The Balaban J connectivity index is 2.44. The first-order valence-corrected chi connectivity index (χ1v) is 6.05. The molecule has 1 rings (SSSR count). The Kier molecular flexibility index (Phi) is 5.61. The molecule has 4 heteroatoms. The summed E-state index contributed by atoms with van der Waals surface area (Å²) in [4.78, 5) is 10.5. The minimum absolute atomic E-state index is 0.593. The summed E-state index contributed by atoms with van der Waals surface area (Å²) in [6.45, 7) is 2.20. The number of nitrogens with zero attached hydrogens (tertiary/aromatic N) is 1. The summed E-state index contributed by atoms with van der Waals surface area (Å²) >= 11 is 0. The van der Waals surface area contributed by atoms with Crippen LogP contribution in [0.5, 0.6) is 0 Å². The van der Waals surface area contributed by atoms with E-state index in [2.05, 4.69) is 23.5 Å². The zero-order chi connectivity index (χ0) is 11.8. The number of amides is 2. The highest BCUT2D eigenvalue weighted by Crippen LogP contribution is 2.22. The van der Waals surface area contributed by atoms with Crippen molar-refractivity contribution >= 4 is 11.7 Å². The number of hydrazone groups is 1. The molecule has 16 heavy (non-hydrogen) atoms. The molecule has 1 fully saturated rings. The minimum atomic E-state index is -0.593. The topological polar surface area (TPSA) is 67.5 Å². The van der Waals surface area contributed by atoms with Crippen molar-refractivity contribution < 1.29 is 4.79 Å². The van der Waals surface area contributed by atoms with E-state index in [-0.39, 0.29) is 0 Å². The number of urea groups is 1. The highest BCUT2D eigenvalue weighted by Gasteiger charge is 2.14. The van der Waals surface area contributed by atoms with Crippen LogP contribution in [0.2, 0.25) is 0 Å². The number of carbonyl (C=O) groups excluding carboxylic acids is 1. The number of allylic oxidation sites excluding steroid dienone is 2. The predicted molar refractivity (Wildman–Crippen MR) is 66.2 cm³/mol. The Labute approximate surface area is 97.0 Å². The standard InChI is InChI=1S/C12H21N3O/c1-2-3-4-5-7-10-8-6-9-11(10)14-15-12(13)16/h7H,2-6,8-9H2,1H3,(H3,13,15,16)/b10-7-,14-11-.